The van der Waals surface area contributed by atoms with Gasteiger partial charge in [0, 0.05) is 30.7 Å². The van der Waals surface area contributed by atoms with Crippen LogP contribution in [0.3, 0.4) is 0 Å². The van der Waals surface area contributed by atoms with E-state index in [0.717, 1.165) is 17.8 Å². The Bertz CT molecular complexity index is 652. The Labute approximate surface area is 112 Å². The molecule has 2 heterocycles. The third kappa shape index (κ3) is 2.58. The summed E-state index contributed by atoms with van der Waals surface area (Å²) in [6.07, 6.45) is 8.06. The van der Waals surface area contributed by atoms with Gasteiger partial charge in [0.25, 0.3) is 0 Å². The number of para-hydroxylation sites is 1. The van der Waals surface area contributed by atoms with E-state index in [9.17, 15) is 0 Å². The highest BCUT2D eigenvalue weighted by Gasteiger charge is 2.02. The molecule has 0 amide bonds. The Morgan fingerprint density at radius 3 is 2.58 bits per heavy atom. The van der Waals surface area contributed by atoms with Crippen LogP contribution in [-0.2, 0) is 13.1 Å². The van der Waals surface area contributed by atoms with Crippen LogP contribution in [0, 0.1) is 0 Å². The second-order valence-corrected chi connectivity index (χ2v) is 4.52. The molecule has 0 unspecified atom stereocenters. The molecule has 19 heavy (non-hydrogen) atoms. The number of nitrogens with two attached hydrogens (primary N) is 1. The van der Waals surface area contributed by atoms with Crippen molar-refractivity contribution >= 4 is 0 Å². The molecule has 4 nitrogen and oxygen atoms in total. The minimum atomic E-state index is 0.580. The first-order chi connectivity index (χ1) is 9.35. The first-order valence-corrected chi connectivity index (χ1v) is 6.29. The molecule has 0 fully saturated rings. The highest BCUT2D eigenvalue weighted by molar-refractivity contribution is 5.31. The van der Waals surface area contributed by atoms with E-state index < -0.39 is 0 Å². The lowest BCUT2D eigenvalue weighted by Gasteiger charge is -2.00. The minimum absolute atomic E-state index is 0.580. The Kier molecular flexibility index (Phi) is 3.16. The maximum Gasteiger partial charge on any atom is 0.0645 e. The van der Waals surface area contributed by atoms with Crippen LogP contribution in [-0.4, -0.2) is 14.3 Å². The van der Waals surface area contributed by atoms with E-state index in [1.54, 1.807) is 0 Å². The summed E-state index contributed by atoms with van der Waals surface area (Å²) in [5, 5.41) is 4.39. The molecule has 96 valence electrons. The Hall–Kier alpha value is -2.33. The quantitative estimate of drug-likeness (QED) is 0.773. The van der Waals surface area contributed by atoms with Crippen LogP contribution in [0.1, 0.15) is 11.1 Å². The van der Waals surface area contributed by atoms with Gasteiger partial charge in [-0.15, -0.1) is 0 Å². The summed E-state index contributed by atoms with van der Waals surface area (Å²) >= 11 is 0. The molecular formula is C15H16N4. The normalized spacial score (nSPS) is 10.8. The largest absolute Gasteiger partial charge is 0.349 e. The van der Waals surface area contributed by atoms with E-state index in [2.05, 4.69) is 22.1 Å². The van der Waals surface area contributed by atoms with Crippen molar-refractivity contribution in [3.05, 3.63) is 72.3 Å². The molecule has 3 aromatic rings. The molecule has 0 radical (unpaired) electrons. The first-order valence-electron chi connectivity index (χ1n) is 6.29. The van der Waals surface area contributed by atoms with Gasteiger partial charge in [-0.25, -0.2) is 4.68 Å². The van der Waals surface area contributed by atoms with Crippen molar-refractivity contribution in [2.45, 2.75) is 13.1 Å². The van der Waals surface area contributed by atoms with Crippen LogP contribution >= 0.6 is 0 Å². The summed E-state index contributed by atoms with van der Waals surface area (Å²) < 4.78 is 4.01. The van der Waals surface area contributed by atoms with Crippen LogP contribution in [0.25, 0.3) is 5.69 Å². The number of hydrogen-bond acceptors (Lipinski definition) is 2. The van der Waals surface area contributed by atoms with Crippen LogP contribution in [0.15, 0.2) is 61.2 Å². The average molecular weight is 252 g/mol. The lowest BCUT2D eigenvalue weighted by Crippen LogP contribution is -1.97. The molecule has 2 N–H and O–H groups in total. The molecule has 0 aliphatic heterocycles. The van der Waals surface area contributed by atoms with Gasteiger partial charge in [-0.3, -0.25) is 0 Å². The second-order valence-electron chi connectivity index (χ2n) is 4.52. The molecule has 0 spiro atoms. The number of nitrogens with zero attached hydrogens (tertiary/aromatic N) is 3. The molecule has 0 saturated carbocycles. The topological polar surface area (TPSA) is 48.8 Å². The average Bonchev–Trinajstić information content (AvgIpc) is 3.09. The second kappa shape index (κ2) is 5.12. The Morgan fingerprint density at radius 2 is 1.84 bits per heavy atom. The predicted molar refractivity (Wildman–Crippen MR) is 75.0 cm³/mol. The molecule has 0 saturated heterocycles. The standard InChI is InChI=1S/C15H16N4/c16-8-13-6-7-18(10-13)11-14-9-17-19(12-14)15-4-2-1-3-5-15/h1-7,9-10,12H,8,11,16H2. The third-order valence-electron chi connectivity index (χ3n) is 3.07. The SMILES string of the molecule is NCc1ccn(Cc2cnn(-c3ccccc3)c2)c1. The van der Waals surface area contributed by atoms with Gasteiger partial charge in [0.15, 0.2) is 0 Å². The van der Waals surface area contributed by atoms with Gasteiger partial charge in [-0.1, -0.05) is 18.2 Å². The summed E-state index contributed by atoms with van der Waals surface area (Å²) in [6, 6.07) is 12.1. The van der Waals surface area contributed by atoms with E-state index in [1.165, 1.54) is 5.56 Å². The summed E-state index contributed by atoms with van der Waals surface area (Å²) in [7, 11) is 0. The molecule has 0 bridgehead atoms. The molecular weight excluding hydrogens is 236 g/mol. The zero-order valence-corrected chi connectivity index (χ0v) is 10.6. The van der Waals surface area contributed by atoms with E-state index in [4.69, 9.17) is 5.73 Å². The molecule has 3 rings (SSSR count). The van der Waals surface area contributed by atoms with E-state index >= 15 is 0 Å². The minimum Gasteiger partial charge on any atom is -0.349 e. The molecule has 2 aromatic heterocycles. The lowest BCUT2D eigenvalue weighted by atomic mass is 10.3. The Balaban J connectivity index is 1.78. The van der Waals surface area contributed by atoms with Gasteiger partial charge in [0.05, 0.1) is 18.4 Å². The fraction of sp³-hybridized carbons (Fsp3) is 0.133. The van der Waals surface area contributed by atoms with E-state index in [0.29, 0.717) is 6.54 Å². The maximum absolute atomic E-state index is 5.61. The van der Waals surface area contributed by atoms with Crippen LogP contribution in [0.4, 0.5) is 0 Å². The van der Waals surface area contributed by atoms with Crippen molar-refractivity contribution in [1.82, 2.24) is 14.3 Å². The van der Waals surface area contributed by atoms with Gasteiger partial charge in [0.2, 0.25) is 0 Å². The van der Waals surface area contributed by atoms with Crippen molar-refractivity contribution in [2.24, 2.45) is 5.73 Å². The monoisotopic (exact) mass is 252 g/mol. The highest BCUT2D eigenvalue weighted by Crippen LogP contribution is 2.10. The maximum atomic E-state index is 5.61. The number of benzene rings is 1. The van der Waals surface area contributed by atoms with Crippen molar-refractivity contribution in [3.8, 4) is 5.69 Å². The fourth-order valence-electron chi connectivity index (χ4n) is 2.08. The number of rotatable bonds is 4. The van der Waals surface area contributed by atoms with E-state index in [1.807, 2.05) is 53.5 Å². The van der Waals surface area contributed by atoms with Crippen LogP contribution in [0.5, 0.6) is 0 Å². The van der Waals surface area contributed by atoms with Gasteiger partial charge in [-0.2, -0.15) is 5.10 Å². The van der Waals surface area contributed by atoms with Gasteiger partial charge in [-0.05, 0) is 23.8 Å². The summed E-state index contributed by atoms with van der Waals surface area (Å²) in [5.74, 6) is 0. The first kappa shape index (κ1) is 11.7. The summed E-state index contributed by atoms with van der Waals surface area (Å²) in [4.78, 5) is 0. The zero-order valence-electron chi connectivity index (χ0n) is 10.6. The summed E-state index contributed by atoms with van der Waals surface area (Å²) in [5.41, 5.74) is 9.00. The van der Waals surface area contributed by atoms with Gasteiger partial charge in [0.1, 0.15) is 0 Å². The van der Waals surface area contributed by atoms with E-state index in [-0.39, 0.29) is 0 Å². The molecule has 0 atom stereocenters. The van der Waals surface area contributed by atoms with Crippen molar-refractivity contribution < 1.29 is 0 Å². The zero-order chi connectivity index (χ0) is 13.1. The highest BCUT2D eigenvalue weighted by atomic mass is 15.3. The molecule has 0 aliphatic rings. The van der Waals surface area contributed by atoms with Crippen molar-refractivity contribution in [2.75, 3.05) is 0 Å². The Morgan fingerprint density at radius 1 is 1.00 bits per heavy atom. The van der Waals surface area contributed by atoms with Crippen LogP contribution in [0.2, 0.25) is 0 Å². The molecule has 4 heteroatoms. The lowest BCUT2D eigenvalue weighted by molar-refractivity contribution is 0.800. The number of hydrogen-bond donors (Lipinski definition) is 1. The molecule has 1 aromatic carbocycles. The fourth-order valence-corrected chi connectivity index (χ4v) is 2.08. The predicted octanol–water partition coefficient (Wildman–Crippen LogP) is 2.18. The third-order valence-corrected chi connectivity index (χ3v) is 3.07. The van der Waals surface area contributed by atoms with Crippen molar-refractivity contribution in [3.63, 3.8) is 0 Å². The molecule has 0 aliphatic carbocycles. The summed E-state index contributed by atoms with van der Waals surface area (Å²) in [6.45, 7) is 1.39. The van der Waals surface area contributed by atoms with Crippen LogP contribution < -0.4 is 5.73 Å². The number of aromatic nitrogens is 3. The van der Waals surface area contributed by atoms with Gasteiger partial charge >= 0.3 is 0 Å². The van der Waals surface area contributed by atoms with Gasteiger partial charge < -0.3 is 10.3 Å². The van der Waals surface area contributed by atoms with Crippen molar-refractivity contribution in [1.29, 1.82) is 0 Å². The smallest absolute Gasteiger partial charge is 0.0645 e.